The summed E-state index contributed by atoms with van der Waals surface area (Å²) in [6.07, 6.45) is 1.95. The van der Waals surface area contributed by atoms with Crippen molar-refractivity contribution in [1.29, 1.82) is 0 Å². The molecule has 0 radical (unpaired) electrons. The molecule has 19 heavy (non-hydrogen) atoms. The maximum Gasteiger partial charge on any atom is 0.335 e. The molecule has 1 saturated heterocycles. The van der Waals surface area contributed by atoms with Crippen LogP contribution in [0.25, 0.3) is 0 Å². The van der Waals surface area contributed by atoms with Crippen LogP contribution in [0.2, 0.25) is 0 Å². The molecule has 1 aromatic carbocycles. The molecule has 2 rings (SSSR count). The number of aromatic carboxylic acids is 1. The van der Waals surface area contributed by atoms with Crippen LogP contribution in [0.4, 0.5) is 4.39 Å². The molecule has 0 aliphatic carbocycles. The van der Waals surface area contributed by atoms with Crippen LogP contribution < -0.4 is 0 Å². The van der Waals surface area contributed by atoms with Gasteiger partial charge in [0.2, 0.25) is 0 Å². The smallest absolute Gasteiger partial charge is 0.335 e. The first kappa shape index (κ1) is 14.0. The third-order valence-electron chi connectivity index (χ3n) is 3.25. The average molecular weight is 268 g/mol. The first-order valence-corrected chi connectivity index (χ1v) is 6.34. The van der Waals surface area contributed by atoms with Crippen LogP contribution in [-0.2, 0) is 16.1 Å². The Kier molecular flexibility index (Phi) is 4.87. The monoisotopic (exact) mass is 268 g/mol. The molecule has 1 aliphatic rings. The Bertz CT molecular complexity index is 441. The van der Waals surface area contributed by atoms with E-state index in [-0.39, 0.29) is 12.2 Å². The van der Waals surface area contributed by atoms with Crippen LogP contribution >= 0.6 is 0 Å². The predicted molar refractivity (Wildman–Crippen MR) is 66.6 cm³/mol. The van der Waals surface area contributed by atoms with Crippen LogP contribution in [0.15, 0.2) is 18.2 Å². The third-order valence-corrected chi connectivity index (χ3v) is 3.25. The zero-order valence-corrected chi connectivity index (χ0v) is 10.6. The van der Waals surface area contributed by atoms with E-state index in [2.05, 4.69) is 0 Å². The number of carboxylic acid groups (broad SMARTS) is 1. The van der Waals surface area contributed by atoms with Crippen LogP contribution in [0, 0.1) is 11.7 Å². The van der Waals surface area contributed by atoms with Gasteiger partial charge in [0, 0.05) is 18.8 Å². The van der Waals surface area contributed by atoms with Gasteiger partial charge in [-0.15, -0.1) is 0 Å². The van der Waals surface area contributed by atoms with Gasteiger partial charge >= 0.3 is 5.97 Å². The molecule has 0 atom stereocenters. The summed E-state index contributed by atoms with van der Waals surface area (Å²) in [5, 5.41) is 8.74. The molecule has 0 saturated carbocycles. The standard InChI is InChI=1S/C14H17FO4/c15-13-7-11(14(16)17)1-2-12(13)9-19-8-10-3-5-18-6-4-10/h1-2,7,10H,3-6,8-9H2,(H,16,17). The highest BCUT2D eigenvalue weighted by Gasteiger charge is 2.14. The number of rotatable bonds is 5. The van der Waals surface area contributed by atoms with Crippen molar-refractivity contribution in [2.75, 3.05) is 19.8 Å². The van der Waals surface area contributed by atoms with Gasteiger partial charge in [0.25, 0.3) is 0 Å². The Labute approximate surface area is 111 Å². The van der Waals surface area contributed by atoms with Gasteiger partial charge in [-0.1, -0.05) is 6.07 Å². The van der Waals surface area contributed by atoms with Gasteiger partial charge in [-0.3, -0.25) is 0 Å². The van der Waals surface area contributed by atoms with Gasteiger partial charge in [-0.05, 0) is 30.9 Å². The van der Waals surface area contributed by atoms with Crippen LogP contribution in [0.5, 0.6) is 0 Å². The fraction of sp³-hybridized carbons (Fsp3) is 0.500. The van der Waals surface area contributed by atoms with E-state index >= 15 is 0 Å². The van der Waals surface area contributed by atoms with E-state index in [9.17, 15) is 9.18 Å². The van der Waals surface area contributed by atoms with Crippen LogP contribution in [0.1, 0.15) is 28.8 Å². The fourth-order valence-electron chi connectivity index (χ4n) is 2.05. The molecule has 104 valence electrons. The molecule has 0 amide bonds. The van der Waals surface area contributed by atoms with Crippen molar-refractivity contribution in [1.82, 2.24) is 0 Å². The van der Waals surface area contributed by atoms with Gasteiger partial charge in [0.1, 0.15) is 5.82 Å². The van der Waals surface area contributed by atoms with Gasteiger partial charge in [0.05, 0.1) is 18.8 Å². The zero-order chi connectivity index (χ0) is 13.7. The zero-order valence-electron chi connectivity index (χ0n) is 10.6. The van der Waals surface area contributed by atoms with Crippen LogP contribution in [-0.4, -0.2) is 30.9 Å². The minimum Gasteiger partial charge on any atom is -0.478 e. The Morgan fingerprint density at radius 1 is 1.42 bits per heavy atom. The predicted octanol–water partition coefficient (Wildman–Crippen LogP) is 2.47. The number of benzene rings is 1. The molecular formula is C14H17FO4. The molecule has 1 N–H and O–H groups in total. The Hall–Kier alpha value is -1.46. The number of hydrogen-bond acceptors (Lipinski definition) is 3. The molecule has 5 heteroatoms. The summed E-state index contributed by atoms with van der Waals surface area (Å²) in [5.74, 6) is -1.20. The average Bonchev–Trinajstić information content (AvgIpc) is 2.41. The number of hydrogen-bond donors (Lipinski definition) is 1. The second-order valence-corrected chi connectivity index (χ2v) is 4.68. The first-order chi connectivity index (χ1) is 9.16. The number of halogens is 1. The lowest BCUT2D eigenvalue weighted by Crippen LogP contribution is -2.20. The number of ether oxygens (including phenoxy) is 2. The van der Waals surface area contributed by atoms with Crippen molar-refractivity contribution in [3.8, 4) is 0 Å². The highest BCUT2D eigenvalue weighted by molar-refractivity contribution is 5.87. The summed E-state index contributed by atoms with van der Waals surface area (Å²) in [5.41, 5.74) is 0.336. The number of carboxylic acids is 1. The highest BCUT2D eigenvalue weighted by atomic mass is 19.1. The van der Waals surface area contributed by atoms with E-state index in [1.165, 1.54) is 12.1 Å². The topological polar surface area (TPSA) is 55.8 Å². The second kappa shape index (κ2) is 6.63. The quantitative estimate of drug-likeness (QED) is 0.891. The first-order valence-electron chi connectivity index (χ1n) is 6.34. The van der Waals surface area contributed by atoms with Gasteiger partial charge in [-0.2, -0.15) is 0 Å². The van der Waals surface area contributed by atoms with Gasteiger partial charge in [-0.25, -0.2) is 9.18 Å². The molecule has 0 bridgehead atoms. The van der Waals surface area contributed by atoms with E-state index in [0.29, 0.717) is 18.1 Å². The summed E-state index contributed by atoms with van der Waals surface area (Å²) < 4.78 is 24.4. The third kappa shape index (κ3) is 4.01. The minimum absolute atomic E-state index is 0.0503. The molecule has 0 spiro atoms. The SMILES string of the molecule is O=C(O)c1ccc(COCC2CCOCC2)c(F)c1. The minimum atomic E-state index is -1.13. The summed E-state index contributed by atoms with van der Waals surface area (Å²) >= 11 is 0. The van der Waals surface area contributed by atoms with Crippen molar-refractivity contribution in [3.05, 3.63) is 35.1 Å². The molecule has 1 heterocycles. The van der Waals surface area contributed by atoms with Crippen molar-refractivity contribution in [3.63, 3.8) is 0 Å². The Morgan fingerprint density at radius 2 is 2.16 bits per heavy atom. The second-order valence-electron chi connectivity index (χ2n) is 4.68. The molecule has 4 nitrogen and oxygen atoms in total. The lowest BCUT2D eigenvalue weighted by Gasteiger charge is -2.21. The molecular weight excluding hydrogens is 251 g/mol. The molecule has 0 aromatic heterocycles. The summed E-state index contributed by atoms with van der Waals surface area (Å²) in [6, 6.07) is 3.87. The van der Waals surface area contributed by atoms with Crippen molar-refractivity contribution in [2.24, 2.45) is 5.92 Å². The van der Waals surface area contributed by atoms with E-state index in [4.69, 9.17) is 14.6 Å². The highest BCUT2D eigenvalue weighted by Crippen LogP contribution is 2.17. The number of carbonyl (C=O) groups is 1. The molecule has 0 unspecified atom stereocenters. The van der Waals surface area contributed by atoms with Crippen molar-refractivity contribution in [2.45, 2.75) is 19.4 Å². The maximum atomic E-state index is 13.6. The maximum absolute atomic E-state index is 13.6. The fourth-order valence-corrected chi connectivity index (χ4v) is 2.05. The van der Waals surface area contributed by atoms with Crippen molar-refractivity contribution >= 4 is 5.97 Å². The van der Waals surface area contributed by atoms with Crippen molar-refractivity contribution < 1.29 is 23.8 Å². The lowest BCUT2D eigenvalue weighted by atomic mass is 10.0. The Balaban J connectivity index is 1.83. The largest absolute Gasteiger partial charge is 0.478 e. The Morgan fingerprint density at radius 3 is 2.79 bits per heavy atom. The van der Waals surface area contributed by atoms with Gasteiger partial charge in [0.15, 0.2) is 0 Å². The summed E-state index contributed by atoms with van der Waals surface area (Å²) in [6.45, 7) is 2.28. The lowest BCUT2D eigenvalue weighted by molar-refractivity contribution is 0.0151. The van der Waals surface area contributed by atoms with Crippen LogP contribution in [0.3, 0.4) is 0 Å². The van der Waals surface area contributed by atoms with Gasteiger partial charge < -0.3 is 14.6 Å². The van der Waals surface area contributed by atoms with E-state index < -0.39 is 11.8 Å². The molecule has 1 aliphatic heterocycles. The molecule has 1 fully saturated rings. The molecule has 1 aromatic rings. The van der Waals surface area contributed by atoms with E-state index in [1.807, 2.05) is 0 Å². The van der Waals surface area contributed by atoms with E-state index in [0.717, 1.165) is 32.1 Å². The normalized spacial score (nSPS) is 16.5. The summed E-state index contributed by atoms with van der Waals surface area (Å²) in [7, 11) is 0. The van der Waals surface area contributed by atoms with E-state index in [1.54, 1.807) is 0 Å². The summed E-state index contributed by atoms with van der Waals surface area (Å²) in [4.78, 5) is 10.7.